The fourth-order valence-electron chi connectivity index (χ4n) is 1.28. The third kappa shape index (κ3) is 3.83. The molecule has 92 valence electrons. The molecule has 17 heavy (non-hydrogen) atoms. The first-order valence-corrected chi connectivity index (χ1v) is 5.35. The van der Waals surface area contributed by atoms with Gasteiger partial charge in [0.05, 0.1) is 0 Å². The second-order valence-electron chi connectivity index (χ2n) is 4.21. The van der Waals surface area contributed by atoms with E-state index in [0.29, 0.717) is 12.5 Å². The van der Waals surface area contributed by atoms with E-state index in [1.165, 1.54) is 12.1 Å². The van der Waals surface area contributed by atoms with E-state index in [9.17, 15) is 9.18 Å². The molecule has 0 heterocycles. The van der Waals surface area contributed by atoms with Gasteiger partial charge in [-0.05, 0) is 18.1 Å². The highest BCUT2D eigenvalue weighted by atomic mass is 19.1. The zero-order chi connectivity index (χ0) is 13.0. The van der Waals surface area contributed by atoms with Crippen molar-refractivity contribution in [2.24, 2.45) is 5.92 Å². The topological polar surface area (TPSA) is 69.6 Å². The number of carbonyl (C=O) groups excluding carboxylic acids is 1. The third-order valence-electron chi connectivity index (χ3n) is 2.21. The van der Waals surface area contributed by atoms with Crippen molar-refractivity contribution < 1.29 is 19.2 Å². The molecule has 3 N–H and O–H groups in total. The minimum absolute atomic E-state index is 0.160. The molecular weight excluding hydrogens is 224 g/mol. The average Bonchev–Trinajstić information content (AvgIpc) is 2.25. The van der Waals surface area contributed by atoms with Gasteiger partial charge in [-0.2, -0.15) is 0 Å². The van der Waals surface area contributed by atoms with Crippen LogP contribution < -0.4 is 10.8 Å². The second kappa shape index (κ2) is 5.79. The summed E-state index contributed by atoms with van der Waals surface area (Å²) in [6, 6.07) is 3.53. The Morgan fingerprint density at radius 3 is 2.59 bits per heavy atom. The number of halogens is 1. The average molecular weight is 239 g/mol. The van der Waals surface area contributed by atoms with E-state index >= 15 is 0 Å². The molecular formula is C11H15BFNO3. The predicted molar refractivity (Wildman–Crippen MR) is 63.4 cm³/mol. The van der Waals surface area contributed by atoms with Gasteiger partial charge in [0, 0.05) is 17.6 Å². The molecule has 1 aromatic carbocycles. The van der Waals surface area contributed by atoms with E-state index in [0.717, 1.165) is 6.07 Å². The fraction of sp³-hybridized carbons (Fsp3) is 0.364. The van der Waals surface area contributed by atoms with Crippen LogP contribution in [0.25, 0.3) is 0 Å². The molecule has 1 amide bonds. The molecule has 0 aliphatic carbocycles. The molecule has 4 nitrogen and oxygen atoms in total. The van der Waals surface area contributed by atoms with E-state index in [2.05, 4.69) is 5.32 Å². The van der Waals surface area contributed by atoms with Crippen LogP contribution >= 0.6 is 0 Å². The minimum Gasteiger partial charge on any atom is -0.423 e. The molecule has 0 atom stereocenters. The highest BCUT2D eigenvalue weighted by Crippen LogP contribution is 2.03. The van der Waals surface area contributed by atoms with Crippen molar-refractivity contribution in [1.82, 2.24) is 5.32 Å². The molecule has 0 radical (unpaired) electrons. The standard InChI is InChI=1S/C11H15BFNO3/c1-7(2)6-14-11(15)8-3-4-9(12(16)17)10(13)5-8/h3-5,7,16-17H,6H2,1-2H3,(H,14,15). The lowest BCUT2D eigenvalue weighted by atomic mass is 9.79. The van der Waals surface area contributed by atoms with Crippen molar-refractivity contribution in [3.05, 3.63) is 29.6 Å². The van der Waals surface area contributed by atoms with Crippen LogP contribution in [0.15, 0.2) is 18.2 Å². The van der Waals surface area contributed by atoms with Crippen molar-refractivity contribution in [2.45, 2.75) is 13.8 Å². The van der Waals surface area contributed by atoms with Crippen LogP contribution in [0.5, 0.6) is 0 Å². The maximum Gasteiger partial charge on any atom is 0.491 e. The maximum atomic E-state index is 13.4. The number of rotatable bonds is 4. The van der Waals surface area contributed by atoms with Crippen molar-refractivity contribution in [3.8, 4) is 0 Å². The van der Waals surface area contributed by atoms with Gasteiger partial charge in [0.2, 0.25) is 0 Å². The lowest BCUT2D eigenvalue weighted by Gasteiger charge is -2.08. The number of carbonyl (C=O) groups is 1. The van der Waals surface area contributed by atoms with Crippen LogP contribution in [0.3, 0.4) is 0 Å². The summed E-state index contributed by atoms with van der Waals surface area (Å²) in [5.74, 6) is -0.879. The Morgan fingerprint density at radius 2 is 2.12 bits per heavy atom. The van der Waals surface area contributed by atoms with Crippen LogP contribution in [-0.4, -0.2) is 29.6 Å². The minimum atomic E-state index is -1.87. The van der Waals surface area contributed by atoms with Gasteiger partial charge in [0.15, 0.2) is 0 Å². The van der Waals surface area contributed by atoms with E-state index < -0.39 is 12.9 Å². The van der Waals surface area contributed by atoms with Gasteiger partial charge in [-0.15, -0.1) is 0 Å². The van der Waals surface area contributed by atoms with E-state index in [1.807, 2.05) is 13.8 Å². The largest absolute Gasteiger partial charge is 0.491 e. The molecule has 0 unspecified atom stereocenters. The molecule has 0 saturated carbocycles. The van der Waals surface area contributed by atoms with Gasteiger partial charge in [-0.3, -0.25) is 4.79 Å². The Kier molecular flexibility index (Phi) is 4.66. The molecule has 6 heteroatoms. The Bertz CT molecular complexity index is 410. The molecule has 1 aromatic rings. The van der Waals surface area contributed by atoms with E-state index in [1.54, 1.807) is 0 Å². The van der Waals surface area contributed by atoms with Gasteiger partial charge < -0.3 is 15.4 Å². The predicted octanol–water partition coefficient (Wildman–Crippen LogP) is -0.109. The highest BCUT2D eigenvalue weighted by Gasteiger charge is 2.18. The Balaban J connectivity index is 2.79. The summed E-state index contributed by atoms with van der Waals surface area (Å²) in [6.07, 6.45) is 0. The summed E-state index contributed by atoms with van der Waals surface area (Å²) in [6.45, 7) is 4.41. The quantitative estimate of drug-likeness (QED) is 0.642. The van der Waals surface area contributed by atoms with Crippen LogP contribution in [0.4, 0.5) is 4.39 Å². The molecule has 0 aliphatic rings. The zero-order valence-electron chi connectivity index (χ0n) is 9.77. The highest BCUT2D eigenvalue weighted by molar-refractivity contribution is 6.58. The first kappa shape index (κ1) is 13.7. The fourth-order valence-corrected chi connectivity index (χ4v) is 1.28. The maximum absolute atomic E-state index is 13.4. The molecule has 0 aliphatic heterocycles. The number of amides is 1. The zero-order valence-corrected chi connectivity index (χ0v) is 9.77. The number of benzene rings is 1. The summed E-state index contributed by atoms with van der Waals surface area (Å²) in [7, 11) is -1.87. The summed E-state index contributed by atoms with van der Waals surface area (Å²) >= 11 is 0. The van der Waals surface area contributed by atoms with E-state index in [4.69, 9.17) is 10.0 Å². The van der Waals surface area contributed by atoms with Crippen molar-refractivity contribution in [3.63, 3.8) is 0 Å². The normalized spacial score (nSPS) is 10.5. The van der Waals surface area contributed by atoms with Gasteiger partial charge in [0.25, 0.3) is 5.91 Å². The van der Waals surface area contributed by atoms with Crippen LogP contribution in [0.1, 0.15) is 24.2 Å². The lowest BCUT2D eigenvalue weighted by molar-refractivity contribution is 0.0948. The lowest BCUT2D eigenvalue weighted by Crippen LogP contribution is -2.34. The summed E-state index contributed by atoms with van der Waals surface area (Å²) < 4.78 is 13.4. The smallest absolute Gasteiger partial charge is 0.423 e. The van der Waals surface area contributed by atoms with Crippen LogP contribution in [0.2, 0.25) is 0 Å². The third-order valence-corrected chi connectivity index (χ3v) is 2.21. The number of hydrogen-bond donors (Lipinski definition) is 3. The van der Waals surface area contributed by atoms with Crippen molar-refractivity contribution >= 4 is 18.5 Å². The van der Waals surface area contributed by atoms with Crippen molar-refractivity contribution in [2.75, 3.05) is 6.54 Å². The van der Waals surface area contributed by atoms with Gasteiger partial charge in [0.1, 0.15) is 5.82 Å². The van der Waals surface area contributed by atoms with Gasteiger partial charge in [-0.25, -0.2) is 4.39 Å². The summed E-state index contributed by atoms with van der Waals surface area (Å²) in [4.78, 5) is 11.6. The molecule has 0 spiro atoms. The first-order chi connectivity index (χ1) is 7.91. The molecule has 0 fully saturated rings. The number of hydrogen-bond acceptors (Lipinski definition) is 3. The van der Waals surface area contributed by atoms with Gasteiger partial charge in [-0.1, -0.05) is 19.9 Å². The van der Waals surface area contributed by atoms with Crippen LogP contribution in [-0.2, 0) is 0 Å². The van der Waals surface area contributed by atoms with E-state index in [-0.39, 0.29) is 16.9 Å². The molecule has 0 saturated heterocycles. The molecule has 0 aromatic heterocycles. The number of nitrogens with one attached hydrogen (secondary N) is 1. The summed E-state index contributed by atoms with van der Waals surface area (Å²) in [5, 5.41) is 20.3. The monoisotopic (exact) mass is 239 g/mol. The van der Waals surface area contributed by atoms with Gasteiger partial charge >= 0.3 is 7.12 Å². The SMILES string of the molecule is CC(C)CNC(=O)c1ccc(B(O)O)c(F)c1. The first-order valence-electron chi connectivity index (χ1n) is 5.35. The van der Waals surface area contributed by atoms with Crippen LogP contribution in [0, 0.1) is 11.7 Å². The Hall–Kier alpha value is -1.40. The van der Waals surface area contributed by atoms with Crippen molar-refractivity contribution in [1.29, 1.82) is 0 Å². The summed E-state index contributed by atoms with van der Waals surface area (Å²) in [5.41, 5.74) is -0.0852. The molecule has 1 rings (SSSR count). The Labute approximate surface area is 99.6 Å². The second-order valence-corrected chi connectivity index (χ2v) is 4.21. The Morgan fingerprint density at radius 1 is 1.47 bits per heavy atom. The molecule has 0 bridgehead atoms.